The first-order valence-corrected chi connectivity index (χ1v) is 4.72. The van der Waals surface area contributed by atoms with E-state index in [-0.39, 0.29) is 29.0 Å². The van der Waals surface area contributed by atoms with Crippen molar-refractivity contribution in [3.8, 4) is 6.07 Å². The molecule has 0 aromatic heterocycles. The molecule has 0 radical (unpaired) electrons. The van der Waals surface area contributed by atoms with Crippen LogP contribution in [0.2, 0.25) is 0 Å². The van der Waals surface area contributed by atoms with Crippen LogP contribution in [0.25, 0.3) is 0 Å². The first kappa shape index (κ1) is 11.6. The van der Waals surface area contributed by atoms with Crippen molar-refractivity contribution in [2.45, 2.75) is 13.8 Å². The molecule has 0 heterocycles. The van der Waals surface area contributed by atoms with E-state index in [0.29, 0.717) is 0 Å². The van der Waals surface area contributed by atoms with Crippen molar-refractivity contribution >= 4 is 5.97 Å². The fourth-order valence-corrected chi connectivity index (χ4v) is 1.88. The summed E-state index contributed by atoms with van der Waals surface area (Å²) in [5.41, 5.74) is -0.145. The molecule has 1 aliphatic carbocycles. The molecule has 1 fully saturated rings. The molecule has 0 unspecified atom stereocenters. The van der Waals surface area contributed by atoms with E-state index < -0.39 is 0 Å². The molecule has 4 nitrogen and oxygen atoms in total. The van der Waals surface area contributed by atoms with Crippen LogP contribution in [0, 0.1) is 28.6 Å². The molecule has 0 bridgehead atoms. The number of methoxy groups -OCH3 is 2. The van der Waals surface area contributed by atoms with Crippen molar-refractivity contribution in [1.82, 2.24) is 0 Å². The standard InChI is InChI=1S/C11H15NO3/c1-11(2)8(5-7(6-12)14-3)9(11)10(13)15-4/h5,8-9H,1-4H3/t8-,9+/m1/s1. The van der Waals surface area contributed by atoms with Gasteiger partial charge < -0.3 is 9.47 Å². The zero-order chi connectivity index (χ0) is 11.6. The van der Waals surface area contributed by atoms with Gasteiger partial charge in [-0.25, -0.2) is 0 Å². The van der Waals surface area contributed by atoms with Crippen molar-refractivity contribution in [3.05, 3.63) is 11.8 Å². The molecule has 4 heteroatoms. The van der Waals surface area contributed by atoms with E-state index >= 15 is 0 Å². The summed E-state index contributed by atoms with van der Waals surface area (Å²) in [6, 6.07) is 1.93. The lowest BCUT2D eigenvalue weighted by molar-refractivity contribution is -0.143. The number of nitriles is 1. The van der Waals surface area contributed by atoms with E-state index in [9.17, 15) is 4.79 Å². The largest absolute Gasteiger partial charge is 0.487 e. The highest BCUT2D eigenvalue weighted by Crippen LogP contribution is 2.59. The van der Waals surface area contributed by atoms with Gasteiger partial charge in [-0.1, -0.05) is 13.8 Å². The maximum Gasteiger partial charge on any atom is 0.309 e. The summed E-state index contributed by atoms with van der Waals surface area (Å²) in [7, 11) is 2.82. The molecule has 15 heavy (non-hydrogen) atoms. The normalized spacial score (nSPS) is 27.8. The number of carbonyl (C=O) groups is 1. The number of allylic oxidation sites excluding steroid dienone is 2. The topological polar surface area (TPSA) is 59.3 Å². The molecule has 0 aromatic carbocycles. The Kier molecular flexibility index (Phi) is 3.04. The number of ether oxygens (including phenoxy) is 2. The Morgan fingerprint density at radius 1 is 1.40 bits per heavy atom. The number of rotatable bonds is 3. The number of esters is 1. The SMILES string of the molecule is COC(=O)[C@@H]1[C@@H](C=C(C#N)OC)C1(C)C. The number of carbonyl (C=O) groups excluding carboxylic acids is 1. The van der Waals surface area contributed by atoms with Crippen LogP contribution in [0.4, 0.5) is 0 Å². The number of nitrogens with zero attached hydrogens (tertiary/aromatic N) is 1. The average Bonchev–Trinajstić information content (AvgIpc) is 2.75. The van der Waals surface area contributed by atoms with Crippen molar-refractivity contribution in [3.63, 3.8) is 0 Å². The molecular formula is C11H15NO3. The van der Waals surface area contributed by atoms with Crippen LogP contribution >= 0.6 is 0 Å². The average molecular weight is 209 g/mol. The maximum atomic E-state index is 11.4. The van der Waals surface area contributed by atoms with Gasteiger partial charge in [0, 0.05) is 5.92 Å². The third kappa shape index (κ3) is 1.96. The molecule has 1 saturated carbocycles. The molecule has 0 N–H and O–H groups in total. The quantitative estimate of drug-likeness (QED) is 0.401. The zero-order valence-corrected chi connectivity index (χ0v) is 9.40. The van der Waals surface area contributed by atoms with Crippen LogP contribution in [-0.4, -0.2) is 20.2 Å². The summed E-state index contributed by atoms with van der Waals surface area (Å²) in [6.45, 7) is 3.95. The molecule has 1 aliphatic rings. The van der Waals surface area contributed by atoms with E-state index in [4.69, 9.17) is 14.7 Å². The molecule has 0 aliphatic heterocycles. The number of hydrogen-bond donors (Lipinski definition) is 0. The predicted molar refractivity (Wildman–Crippen MR) is 53.5 cm³/mol. The summed E-state index contributed by atoms with van der Waals surface area (Å²) < 4.78 is 9.55. The van der Waals surface area contributed by atoms with Gasteiger partial charge in [-0.15, -0.1) is 0 Å². The lowest BCUT2D eigenvalue weighted by atomic mass is 10.1. The summed E-state index contributed by atoms with van der Waals surface area (Å²) in [6.07, 6.45) is 1.70. The van der Waals surface area contributed by atoms with Gasteiger partial charge in [0.05, 0.1) is 20.1 Å². The maximum absolute atomic E-state index is 11.4. The molecular weight excluding hydrogens is 194 g/mol. The van der Waals surface area contributed by atoms with E-state index in [1.165, 1.54) is 14.2 Å². The van der Waals surface area contributed by atoms with Crippen LogP contribution in [-0.2, 0) is 14.3 Å². The van der Waals surface area contributed by atoms with Crippen LogP contribution in [0.15, 0.2) is 11.8 Å². The first-order chi connectivity index (χ1) is 6.98. The minimum atomic E-state index is -0.227. The monoisotopic (exact) mass is 209 g/mol. The van der Waals surface area contributed by atoms with Gasteiger partial charge in [0.2, 0.25) is 0 Å². The van der Waals surface area contributed by atoms with Crippen LogP contribution in [0.5, 0.6) is 0 Å². The smallest absolute Gasteiger partial charge is 0.309 e. The van der Waals surface area contributed by atoms with Gasteiger partial charge in [0.1, 0.15) is 6.07 Å². The van der Waals surface area contributed by atoms with E-state index in [1.807, 2.05) is 19.9 Å². The molecule has 2 atom stereocenters. The summed E-state index contributed by atoms with van der Waals surface area (Å²) in [5, 5.41) is 8.70. The third-order valence-corrected chi connectivity index (χ3v) is 3.03. The van der Waals surface area contributed by atoms with Gasteiger partial charge in [0.15, 0.2) is 5.76 Å². The Morgan fingerprint density at radius 2 is 2.00 bits per heavy atom. The highest BCUT2D eigenvalue weighted by molar-refractivity contribution is 5.78. The Bertz CT molecular complexity index is 338. The van der Waals surface area contributed by atoms with Gasteiger partial charge in [0.25, 0.3) is 0 Å². The lowest BCUT2D eigenvalue weighted by Crippen LogP contribution is -2.07. The molecule has 1 rings (SSSR count). The third-order valence-electron chi connectivity index (χ3n) is 3.03. The molecule has 0 aromatic rings. The Morgan fingerprint density at radius 3 is 2.40 bits per heavy atom. The minimum Gasteiger partial charge on any atom is -0.487 e. The fourth-order valence-electron chi connectivity index (χ4n) is 1.88. The van der Waals surface area contributed by atoms with Crippen molar-refractivity contribution in [2.75, 3.05) is 14.2 Å². The molecule has 82 valence electrons. The Hall–Kier alpha value is -1.50. The predicted octanol–water partition coefficient (Wildman–Crippen LogP) is 1.49. The van der Waals surface area contributed by atoms with Gasteiger partial charge in [-0.2, -0.15) is 5.26 Å². The lowest BCUT2D eigenvalue weighted by Gasteiger charge is -1.99. The second kappa shape index (κ2) is 3.93. The van der Waals surface area contributed by atoms with Crippen LogP contribution in [0.3, 0.4) is 0 Å². The summed E-state index contributed by atoms with van der Waals surface area (Å²) in [4.78, 5) is 11.4. The number of hydrogen-bond acceptors (Lipinski definition) is 4. The summed E-state index contributed by atoms with van der Waals surface area (Å²) in [5.74, 6) is -0.116. The minimum absolute atomic E-state index is 0.0274. The van der Waals surface area contributed by atoms with E-state index in [1.54, 1.807) is 6.08 Å². The van der Waals surface area contributed by atoms with Crippen LogP contribution < -0.4 is 0 Å². The van der Waals surface area contributed by atoms with Crippen molar-refractivity contribution in [1.29, 1.82) is 5.26 Å². The fraction of sp³-hybridized carbons (Fsp3) is 0.636. The van der Waals surface area contributed by atoms with Gasteiger partial charge in [-0.05, 0) is 11.5 Å². The summed E-state index contributed by atoms with van der Waals surface area (Å²) >= 11 is 0. The molecule has 0 spiro atoms. The van der Waals surface area contributed by atoms with Gasteiger partial charge in [-0.3, -0.25) is 4.79 Å². The highest BCUT2D eigenvalue weighted by Gasteiger charge is 2.61. The van der Waals surface area contributed by atoms with Gasteiger partial charge >= 0.3 is 5.97 Å². The van der Waals surface area contributed by atoms with E-state index in [0.717, 1.165) is 0 Å². The Labute approximate surface area is 89.5 Å². The van der Waals surface area contributed by atoms with E-state index in [2.05, 4.69) is 0 Å². The van der Waals surface area contributed by atoms with Crippen molar-refractivity contribution in [2.24, 2.45) is 17.3 Å². The first-order valence-electron chi connectivity index (χ1n) is 4.72. The van der Waals surface area contributed by atoms with Crippen LogP contribution in [0.1, 0.15) is 13.8 Å². The second-order valence-electron chi connectivity index (χ2n) is 4.19. The highest BCUT2D eigenvalue weighted by atomic mass is 16.5. The molecule has 0 saturated heterocycles. The Balaban J connectivity index is 2.80. The zero-order valence-electron chi connectivity index (χ0n) is 9.40. The van der Waals surface area contributed by atoms with Crippen molar-refractivity contribution < 1.29 is 14.3 Å². The molecule has 0 amide bonds. The second-order valence-corrected chi connectivity index (χ2v) is 4.19.